The van der Waals surface area contributed by atoms with E-state index in [-0.39, 0.29) is 5.41 Å². The Hall–Kier alpha value is -1.74. The van der Waals surface area contributed by atoms with E-state index in [9.17, 15) is 0 Å². The minimum Gasteiger partial charge on any atom is -0.330 e. The number of aromatic nitrogens is 2. The third-order valence-electron chi connectivity index (χ3n) is 3.51. The van der Waals surface area contributed by atoms with Crippen LogP contribution in [0.3, 0.4) is 0 Å². The predicted molar refractivity (Wildman–Crippen MR) is 83.5 cm³/mol. The number of rotatable bonds is 4. The van der Waals surface area contributed by atoms with Gasteiger partial charge in [-0.1, -0.05) is 38.1 Å². The van der Waals surface area contributed by atoms with E-state index in [2.05, 4.69) is 37.9 Å². The van der Waals surface area contributed by atoms with Crippen molar-refractivity contribution in [3.63, 3.8) is 0 Å². The van der Waals surface area contributed by atoms with Gasteiger partial charge in [-0.05, 0) is 37.4 Å². The minimum absolute atomic E-state index is 0.0246. The van der Waals surface area contributed by atoms with E-state index in [1.165, 1.54) is 11.1 Å². The number of hydrogen-bond donors (Lipinski definition) is 1. The molecule has 2 rings (SSSR count). The quantitative estimate of drug-likeness (QED) is 0.926. The van der Waals surface area contributed by atoms with Gasteiger partial charge in [-0.3, -0.25) is 0 Å². The fourth-order valence-electron chi connectivity index (χ4n) is 2.21. The highest BCUT2D eigenvalue weighted by molar-refractivity contribution is 5.63. The maximum Gasteiger partial charge on any atom is 0.129 e. The monoisotopic (exact) mass is 269 g/mol. The molecule has 0 aliphatic rings. The third kappa shape index (κ3) is 3.42. The highest BCUT2D eigenvalue weighted by Crippen LogP contribution is 2.24. The summed E-state index contributed by atoms with van der Waals surface area (Å²) < 4.78 is 0. The zero-order valence-electron chi connectivity index (χ0n) is 12.8. The van der Waals surface area contributed by atoms with E-state index in [4.69, 9.17) is 10.7 Å². The van der Waals surface area contributed by atoms with Crippen LogP contribution in [0.15, 0.2) is 30.3 Å². The van der Waals surface area contributed by atoms with Crippen LogP contribution in [0.1, 0.15) is 30.9 Å². The second kappa shape index (κ2) is 5.71. The molecular weight excluding hydrogens is 246 g/mol. The Balaban J connectivity index is 2.42. The molecule has 106 valence electrons. The van der Waals surface area contributed by atoms with Gasteiger partial charge in [0.2, 0.25) is 0 Å². The Kier molecular flexibility index (Phi) is 4.19. The molecule has 0 fully saturated rings. The van der Waals surface area contributed by atoms with Crippen LogP contribution < -0.4 is 5.73 Å². The summed E-state index contributed by atoms with van der Waals surface area (Å²) in [5.41, 5.74) is 10.2. The first kappa shape index (κ1) is 14.7. The minimum atomic E-state index is 0.0246. The van der Waals surface area contributed by atoms with Crippen molar-refractivity contribution >= 4 is 0 Å². The van der Waals surface area contributed by atoms with Gasteiger partial charge in [0.1, 0.15) is 5.82 Å². The zero-order valence-corrected chi connectivity index (χ0v) is 12.8. The Morgan fingerprint density at radius 2 is 1.80 bits per heavy atom. The first-order valence-electron chi connectivity index (χ1n) is 7.02. The van der Waals surface area contributed by atoms with Gasteiger partial charge in [0.15, 0.2) is 0 Å². The molecule has 20 heavy (non-hydrogen) atoms. The fraction of sp³-hybridized carbons (Fsp3) is 0.412. The Morgan fingerprint density at radius 1 is 1.10 bits per heavy atom. The molecule has 1 aromatic heterocycles. The van der Waals surface area contributed by atoms with Crippen molar-refractivity contribution in [2.75, 3.05) is 6.54 Å². The summed E-state index contributed by atoms with van der Waals surface area (Å²) in [4.78, 5) is 9.29. The first-order valence-corrected chi connectivity index (χ1v) is 7.02. The lowest BCUT2D eigenvalue weighted by Gasteiger charge is -2.21. The van der Waals surface area contributed by atoms with Gasteiger partial charge in [-0.15, -0.1) is 0 Å². The van der Waals surface area contributed by atoms with Crippen LogP contribution in [0.4, 0.5) is 0 Å². The van der Waals surface area contributed by atoms with Gasteiger partial charge < -0.3 is 5.73 Å². The average molecular weight is 269 g/mol. The molecule has 0 bridgehead atoms. The molecular formula is C17H23N3. The molecule has 1 heterocycles. The summed E-state index contributed by atoms with van der Waals surface area (Å²) in [6, 6.07) is 10.3. The van der Waals surface area contributed by atoms with Crippen molar-refractivity contribution < 1.29 is 0 Å². The third-order valence-corrected chi connectivity index (χ3v) is 3.51. The van der Waals surface area contributed by atoms with Crippen LogP contribution in [0.25, 0.3) is 11.3 Å². The van der Waals surface area contributed by atoms with Crippen molar-refractivity contribution in [2.45, 2.75) is 34.1 Å². The smallest absolute Gasteiger partial charge is 0.129 e. The van der Waals surface area contributed by atoms with Gasteiger partial charge in [0.05, 0.1) is 5.69 Å². The summed E-state index contributed by atoms with van der Waals surface area (Å²) in [7, 11) is 0. The first-order chi connectivity index (χ1) is 9.41. The Labute approximate surface area is 121 Å². The fourth-order valence-corrected chi connectivity index (χ4v) is 2.21. The van der Waals surface area contributed by atoms with Crippen LogP contribution in [0.2, 0.25) is 0 Å². The number of hydrogen-bond acceptors (Lipinski definition) is 3. The summed E-state index contributed by atoms with van der Waals surface area (Å²) in [5, 5.41) is 0. The molecule has 0 aliphatic carbocycles. The van der Waals surface area contributed by atoms with Gasteiger partial charge in [0.25, 0.3) is 0 Å². The average Bonchev–Trinajstić information content (AvgIpc) is 2.38. The van der Waals surface area contributed by atoms with Crippen molar-refractivity contribution in [2.24, 2.45) is 11.1 Å². The number of benzene rings is 1. The molecule has 0 saturated heterocycles. The van der Waals surface area contributed by atoms with Crippen LogP contribution in [-0.4, -0.2) is 16.5 Å². The van der Waals surface area contributed by atoms with Gasteiger partial charge in [0, 0.05) is 17.7 Å². The van der Waals surface area contributed by atoms with E-state index in [1.807, 2.05) is 25.1 Å². The lowest BCUT2D eigenvalue weighted by atomic mass is 9.89. The molecule has 2 N–H and O–H groups in total. The number of nitrogens with two attached hydrogens (primary N) is 1. The summed E-state index contributed by atoms with van der Waals surface area (Å²) >= 11 is 0. The van der Waals surface area contributed by atoms with E-state index < -0.39 is 0 Å². The van der Waals surface area contributed by atoms with Crippen LogP contribution in [-0.2, 0) is 6.42 Å². The van der Waals surface area contributed by atoms with Crippen LogP contribution in [0, 0.1) is 19.3 Å². The van der Waals surface area contributed by atoms with Crippen molar-refractivity contribution in [1.29, 1.82) is 0 Å². The highest BCUT2D eigenvalue weighted by Gasteiger charge is 2.19. The SMILES string of the molecule is Cc1cc(-c2ccccc2C)nc(CC(C)(C)CN)n1. The van der Waals surface area contributed by atoms with Gasteiger partial charge in [-0.2, -0.15) is 0 Å². The number of nitrogens with zero attached hydrogens (tertiary/aromatic N) is 2. The highest BCUT2D eigenvalue weighted by atomic mass is 14.9. The van der Waals surface area contributed by atoms with Crippen molar-refractivity contribution in [3.05, 3.63) is 47.4 Å². The maximum absolute atomic E-state index is 5.81. The Bertz CT molecular complexity index is 603. The molecule has 0 amide bonds. The summed E-state index contributed by atoms with van der Waals surface area (Å²) in [6.07, 6.45) is 0.796. The molecule has 3 nitrogen and oxygen atoms in total. The van der Waals surface area contributed by atoms with E-state index >= 15 is 0 Å². The molecule has 2 aromatic rings. The largest absolute Gasteiger partial charge is 0.330 e. The Morgan fingerprint density at radius 3 is 2.45 bits per heavy atom. The summed E-state index contributed by atoms with van der Waals surface area (Å²) in [6.45, 7) is 9.04. The molecule has 1 aromatic carbocycles. The topological polar surface area (TPSA) is 51.8 Å². The second-order valence-electron chi connectivity index (χ2n) is 6.17. The summed E-state index contributed by atoms with van der Waals surface area (Å²) in [5.74, 6) is 0.874. The van der Waals surface area contributed by atoms with E-state index in [0.717, 1.165) is 23.6 Å². The van der Waals surface area contributed by atoms with E-state index in [1.54, 1.807) is 0 Å². The molecule has 0 unspecified atom stereocenters. The normalized spacial score (nSPS) is 11.7. The van der Waals surface area contributed by atoms with E-state index in [0.29, 0.717) is 6.54 Å². The lowest BCUT2D eigenvalue weighted by molar-refractivity contribution is 0.367. The molecule has 0 atom stereocenters. The number of aryl methyl sites for hydroxylation is 2. The van der Waals surface area contributed by atoms with Crippen molar-refractivity contribution in [3.8, 4) is 11.3 Å². The van der Waals surface area contributed by atoms with Crippen LogP contribution >= 0.6 is 0 Å². The van der Waals surface area contributed by atoms with Crippen LogP contribution in [0.5, 0.6) is 0 Å². The second-order valence-corrected chi connectivity index (χ2v) is 6.17. The molecule has 0 aliphatic heterocycles. The molecule has 3 heteroatoms. The predicted octanol–water partition coefficient (Wildman–Crippen LogP) is 3.29. The molecule has 0 radical (unpaired) electrons. The molecule has 0 saturated carbocycles. The standard InChI is InChI=1S/C17H23N3/c1-12-7-5-6-8-14(12)15-9-13(2)19-16(20-15)10-17(3,4)11-18/h5-9H,10-11,18H2,1-4H3. The maximum atomic E-state index is 5.81. The van der Waals surface area contributed by atoms with Crippen molar-refractivity contribution in [1.82, 2.24) is 9.97 Å². The van der Waals surface area contributed by atoms with Gasteiger partial charge in [-0.25, -0.2) is 9.97 Å². The zero-order chi connectivity index (χ0) is 14.8. The van der Waals surface area contributed by atoms with Gasteiger partial charge >= 0.3 is 0 Å². The lowest BCUT2D eigenvalue weighted by Crippen LogP contribution is -2.27. The molecule has 0 spiro atoms.